The lowest BCUT2D eigenvalue weighted by molar-refractivity contribution is -0.137. The molecule has 0 aliphatic carbocycles. The summed E-state index contributed by atoms with van der Waals surface area (Å²) in [5.74, 6) is 0. The molecule has 1 aromatic carbocycles. The van der Waals surface area contributed by atoms with Gasteiger partial charge in [0.1, 0.15) is 0 Å². The maximum absolute atomic E-state index is 12.7. The third-order valence-electron chi connectivity index (χ3n) is 3.46. The van der Waals surface area contributed by atoms with E-state index in [1.165, 1.54) is 0 Å². The average molecular weight is 352 g/mol. The van der Waals surface area contributed by atoms with Crippen LogP contribution < -0.4 is 4.72 Å². The monoisotopic (exact) mass is 352 g/mol. The number of halogens is 3. The van der Waals surface area contributed by atoms with Crippen LogP contribution in [0.25, 0.3) is 0 Å². The molecule has 0 spiro atoms. The van der Waals surface area contributed by atoms with Gasteiger partial charge in [-0.05, 0) is 25.1 Å². The quantitative estimate of drug-likeness (QED) is 0.876. The van der Waals surface area contributed by atoms with E-state index < -0.39 is 27.8 Å². The molecule has 1 N–H and O–H groups in total. The first-order valence-electron chi connectivity index (χ1n) is 7.18. The van der Waals surface area contributed by atoms with Crippen LogP contribution in [0.4, 0.5) is 13.2 Å². The van der Waals surface area contributed by atoms with E-state index in [0.717, 1.165) is 18.2 Å². The van der Waals surface area contributed by atoms with Gasteiger partial charge in [0.25, 0.3) is 0 Å². The molecule has 1 heterocycles. The third kappa shape index (κ3) is 5.17. The van der Waals surface area contributed by atoms with Gasteiger partial charge >= 0.3 is 6.18 Å². The number of morpholine rings is 1. The summed E-state index contributed by atoms with van der Waals surface area (Å²) in [5.41, 5.74) is -0.985. The predicted molar refractivity (Wildman–Crippen MR) is 78.5 cm³/mol. The minimum atomic E-state index is -4.58. The molecule has 1 aliphatic rings. The Balaban J connectivity index is 2.06. The molecule has 1 atom stereocenters. The maximum Gasteiger partial charge on any atom is 0.416 e. The highest BCUT2D eigenvalue weighted by atomic mass is 32.2. The van der Waals surface area contributed by atoms with Crippen LogP contribution in [0.15, 0.2) is 29.2 Å². The summed E-state index contributed by atoms with van der Waals surface area (Å²) < 4.78 is 70.2. The Morgan fingerprint density at radius 1 is 1.30 bits per heavy atom. The minimum Gasteiger partial charge on any atom is -0.379 e. The van der Waals surface area contributed by atoms with E-state index >= 15 is 0 Å². The lowest BCUT2D eigenvalue weighted by Gasteiger charge is -2.29. The van der Waals surface area contributed by atoms with E-state index in [1.807, 2.05) is 4.90 Å². The molecule has 1 aromatic rings. The van der Waals surface area contributed by atoms with Crippen molar-refractivity contribution >= 4 is 10.0 Å². The SMILES string of the molecule is C[C@H](CN1CCOCC1)NS(=O)(=O)c1cccc(C(F)(F)F)c1. The molecule has 0 radical (unpaired) electrons. The molecule has 1 aliphatic heterocycles. The lowest BCUT2D eigenvalue weighted by atomic mass is 10.2. The molecule has 0 bridgehead atoms. The zero-order valence-corrected chi connectivity index (χ0v) is 13.5. The fourth-order valence-corrected chi connectivity index (χ4v) is 3.66. The van der Waals surface area contributed by atoms with Gasteiger partial charge in [-0.15, -0.1) is 0 Å². The van der Waals surface area contributed by atoms with Crippen molar-refractivity contribution in [3.05, 3.63) is 29.8 Å². The van der Waals surface area contributed by atoms with Gasteiger partial charge in [-0.25, -0.2) is 13.1 Å². The first-order valence-corrected chi connectivity index (χ1v) is 8.66. The van der Waals surface area contributed by atoms with Crippen LogP contribution in [0, 0.1) is 0 Å². The van der Waals surface area contributed by atoms with Crippen LogP contribution in [-0.2, 0) is 20.9 Å². The second-order valence-electron chi connectivity index (χ2n) is 5.46. The van der Waals surface area contributed by atoms with E-state index in [4.69, 9.17) is 4.74 Å². The van der Waals surface area contributed by atoms with Crippen LogP contribution in [0.5, 0.6) is 0 Å². The molecule has 9 heteroatoms. The number of nitrogens with one attached hydrogen (secondary N) is 1. The van der Waals surface area contributed by atoms with Crippen LogP contribution in [0.2, 0.25) is 0 Å². The Morgan fingerprint density at radius 3 is 2.57 bits per heavy atom. The van der Waals surface area contributed by atoms with Gasteiger partial charge in [-0.1, -0.05) is 6.07 Å². The van der Waals surface area contributed by atoms with Crippen LogP contribution in [-0.4, -0.2) is 52.2 Å². The standard InChI is InChI=1S/C14H19F3N2O3S/c1-11(10-19-5-7-22-8-6-19)18-23(20,21)13-4-2-3-12(9-13)14(15,16)17/h2-4,9,11,18H,5-8,10H2,1H3/t11-/m1/s1. The summed E-state index contributed by atoms with van der Waals surface area (Å²) in [5, 5.41) is 0. The molecule has 0 saturated carbocycles. The molecule has 130 valence electrons. The highest BCUT2D eigenvalue weighted by molar-refractivity contribution is 7.89. The van der Waals surface area contributed by atoms with Crippen molar-refractivity contribution in [3.63, 3.8) is 0 Å². The summed E-state index contributed by atoms with van der Waals surface area (Å²) in [6.07, 6.45) is -4.58. The second kappa shape index (κ2) is 7.16. The fraction of sp³-hybridized carbons (Fsp3) is 0.571. The zero-order valence-electron chi connectivity index (χ0n) is 12.6. The van der Waals surface area contributed by atoms with E-state index in [9.17, 15) is 21.6 Å². The van der Waals surface area contributed by atoms with Gasteiger partial charge in [-0.3, -0.25) is 4.90 Å². The maximum atomic E-state index is 12.7. The number of hydrogen-bond donors (Lipinski definition) is 1. The number of alkyl halides is 3. The molecule has 23 heavy (non-hydrogen) atoms. The van der Waals surface area contributed by atoms with Crippen LogP contribution in [0.1, 0.15) is 12.5 Å². The minimum absolute atomic E-state index is 0.388. The number of nitrogens with zero attached hydrogens (tertiary/aromatic N) is 1. The molecular weight excluding hydrogens is 333 g/mol. The lowest BCUT2D eigenvalue weighted by Crippen LogP contribution is -2.45. The van der Waals surface area contributed by atoms with Crippen molar-refractivity contribution in [1.29, 1.82) is 0 Å². The topological polar surface area (TPSA) is 58.6 Å². The van der Waals surface area contributed by atoms with Crippen LogP contribution >= 0.6 is 0 Å². The smallest absolute Gasteiger partial charge is 0.379 e. The number of sulfonamides is 1. The van der Waals surface area contributed by atoms with Crippen molar-refractivity contribution < 1.29 is 26.3 Å². The molecule has 0 amide bonds. The average Bonchev–Trinajstić information content (AvgIpc) is 2.47. The Kier molecular flexibility index (Phi) is 5.66. The van der Waals surface area contributed by atoms with Crippen LogP contribution in [0.3, 0.4) is 0 Å². The number of benzene rings is 1. The van der Waals surface area contributed by atoms with E-state index in [1.54, 1.807) is 6.92 Å². The predicted octanol–water partition coefficient (Wildman–Crippen LogP) is 1.70. The number of hydrogen-bond acceptors (Lipinski definition) is 4. The molecule has 5 nitrogen and oxygen atoms in total. The Labute approximate surface area is 133 Å². The molecule has 0 aromatic heterocycles. The first kappa shape index (κ1) is 18.2. The van der Waals surface area contributed by atoms with Crippen molar-refractivity contribution in [3.8, 4) is 0 Å². The fourth-order valence-electron chi connectivity index (χ4n) is 2.38. The number of ether oxygens (including phenoxy) is 1. The zero-order chi connectivity index (χ0) is 17.1. The van der Waals surface area contributed by atoms with Crippen molar-refractivity contribution in [2.75, 3.05) is 32.8 Å². The number of rotatable bonds is 5. The summed E-state index contributed by atoms with van der Waals surface area (Å²) >= 11 is 0. The third-order valence-corrected chi connectivity index (χ3v) is 5.05. The molecule has 1 saturated heterocycles. The van der Waals surface area contributed by atoms with Gasteiger partial charge in [-0.2, -0.15) is 13.2 Å². The van der Waals surface area contributed by atoms with E-state index in [2.05, 4.69) is 4.72 Å². The first-order chi connectivity index (χ1) is 10.7. The van der Waals surface area contributed by atoms with E-state index in [-0.39, 0.29) is 4.90 Å². The van der Waals surface area contributed by atoms with Crippen molar-refractivity contribution in [1.82, 2.24) is 9.62 Å². The Hall–Kier alpha value is -1.16. The Bertz CT molecular complexity index is 628. The largest absolute Gasteiger partial charge is 0.416 e. The van der Waals surface area contributed by atoms with Gasteiger partial charge in [0, 0.05) is 25.7 Å². The molecule has 1 fully saturated rings. The van der Waals surface area contributed by atoms with E-state index in [0.29, 0.717) is 38.9 Å². The molecule has 2 rings (SSSR count). The summed E-state index contributed by atoms with van der Waals surface area (Å²) in [6, 6.07) is 3.30. The highest BCUT2D eigenvalue weighted by Crippen LogP contribution is 2.30. The highest BCUT2D eigenvalue weighted by Gasteiger charge is 2.32. The van der Waals surface area contributed by atoms with Gasteiger partial charge in [0.15, 0.2) is 0 Å². The molecular formula is C14H19F3N2O3S. The van der Waals surface area contributed by atoms with Crippen molar-refractivity contribution in [2.45, 2.75) is 24.0 Å². The van der Waals surface area contributed by atoms with Crippen molar-refractivity contribution in [2.24, 2.45) is 0 Å². The summed E-state index contributed by atoms with van der Waals surface area (Å²) in [7, 11) is -4.00. The second-order valence-corrected chi connectivity index (χ2v) is 7.17. The summed E-state index contributed by atoms with van der Waals surface area (Å²) in [4.78, 5) is 1.66. The Morgan fingerprint density at radius 2 is 1.96 bits per heavy atom. The van der Waals surface area contributed by atoms with Gasteiger partial charge in [0.05, 0.1) is 23.7 Å². The molecule has 0 unspecified atom stereocenters. The van der Waals surface area contributed by atoms with Gasteiger partial charge < -0.3 is 4.74 Å². The summed E-state index contributed by atoms with van der Waals surface area (Å²) in [6.45, 7) is 4.74. The normalized spacial score (nSPS) is 18.8. The van der Waals surface area contributed by atoms with Gasteiger partial charge in [0.2, 0.25) is 10.0 Å².